The molecular formula is C18H16ClNO4S. The second-order valence-electron chi connectivity index (χ2n) is 5.58. The van der Waals surface area contributed by atoms with Gasteiger partial charge in [0.25, 0.3) is 0 Å². The number of aliphatic carboxylic acids is 1. The number of halogens is 1. The lowest BCUT2D eigenvalue weighted by Gasteiger charge is -2.26. The van der Waals surface area contributed by atoms with Crippen molar-refractivity contribution >= 4 is 34.4 Å². The zero-order valence-electron chi connectivity index (χ0n) is 13.3. The molecule has 0 bridgehead atoms. The molecule has 0 radical (unpaired) electrons. The Kier molecular flexibility index (Phi) is 5.03. The predicted octanol–water partition coefficient (Wildman–Crippen LogP) is 3.53. The highest BCUT2D eigenvalue weighted by atomic mass is 35.5. The Labute approximate surface area is 154 Å². The van der Waals surface area contributed by atoms with Crippen molar-refractivity contribution in [2.24, 2.45) is 4.99 Å². The van der Waals surface area contributed by atoms with Gasteiger partial charge >= 0.3 is 5.97 Å². The largest absolute Gasteiger partial charge is 0.497 e. The van der Waals surface area contributed by atoms with Crippen LogP contribution in [0.2, 0.25) is 5.02 Å². The van der Waals surface area contributed by atoms with Crippen molar-refractivity contribution in [3.05, 3.63) is 64.7 Å². The van der Waals surface area contributed by atoms with Gasteiger partial charge in [-0.15, -0.1) is 0 Å². The fraction of sp³-hybridized carbons (Fsp3) is 0.222. The Morgan fingerprint density at radius 3 is 2.44 bits per heavy atom. The molecule has 1 heterocycles. The molecule has 0 saturated heterocycles. The first kappa shape index (κ1) is 17.8. The summed E-state index contributed by atoms with van der Waals surface area (Å²) in [5, 5.41) is 20.9. The SMILES string of the molecule is COc1ccc(C2(O)N=C(c3ccc(Cl)cc3)SC2CC(=O)O)cc1. The van der Waals surface area contributed by atoms with Gasteiger partial charge in [-0.3, -0.25) is 4.79 Å². The minimum absolute atomic E-state index is 0.214. The predicted molar refractivity (Wildman–Crippen MR) is 98.5 cm³/mol. The molecule has 0 saturated carbocycles. The lowest BCUT2D eigenvalue weighted by atomic mass is 9.97. The van der Waals surface area contributed by atoms with Crippen molar-refractivity contribution in [3.63, 3.8) is 0 Å². The fourth-order valence-electron chi connectivity index (χ4n) is 2.62. The van der Waals surface area contributed by atoms with Crippen LogP contribution in [0.4, 0.5) is 0 Å². The van der Waals surface area contributed by atoms with Crippen molar-refractivity contribution < 1.29 is 19.7 Å². The Hall–Kier alpha value is -2.02. The van der Waals surface area contributed by atoms with Gasteiger partial charge < -0.3 is 14.9 Å². The van der Waals surface area contributed by atoms with Crippen molar-refractivity contribution in [2.75, 3.05) is 7.11 Å². The first-order chi connectivity index (χ1) is 11.9. The van der Waals surface area contributed by atoms with E-state index in [0.29, 0.717) is 21.4 Å². The standard InChI is InChI=1S/C18H16ClNO4S/c1-24-14-8-4-12(5-9-14)18(23)15(10-16(21)22)25-17(20-18)11-2-6-13(19)7-3-11/h2-9,15,23H,10H2,1H3,(H,21,22). The molecule has 130 valence electrons. The highest BCUT2D eigenvalue weighted by Crippen LogP contribution is 2.45. The number of ether oxygens (including phenoxy) is 1. The van der Waals surface area contributed by atoms with Crippen molar-refractivity contribution in [1.82, 2.24) is 0 Å². The van der Waals surface area contributed by atoms with E-state index in [1.807, 2.05) is 0 Å². The third-order valence-electron chi connectivity index (χ3n) is 3.94. The summed E-state index contributed by atoms with van der Waals surface area (Å²) < 4.78 is 5.13. The van der Waals surface area contributed by atoms with Crippen LogP contribution in [0.25, 0.3) is 0 Å². The summed E-state index contributed by atoms with van der Waals surface area (Å²) >= 11 is 7.17. The lowest BCUT2D eigenvalue weighted by Crippen LogP contribution is -2.34. The van der Waals surface area contributed by atoms with Crippen LogP contribution in [0.1, 0.15) is 17.5 Å². The minimum Gasteiger partial charge on any atom is -0.497 e. The van der Waals surface area contributed by atoms with Crippen LogP contribution in [0, 0.1) is 0 Å². The monoisotopic (exact) mass is 377 g/mol. The van der Waals surface area contributed by atoms with E-state index in [2.05, 4.69) is 4.99 Å². The van der Waals surface area contributed by atoms with Crippen molar-refractivity contribution in [3.8, 4) is 5.75 Å². The van der Waals surface area contributed by atoms with E-state index >= 15 is 0 Å². The molecule has 3 rings (SSSR count). The van der Waals surface area contributed by atoms with Gasteiger partial charge in [-0.05, 0) is 24.3 Å². The van der Waals surface area contributed by atoms with Crippen LogP contribution in [0.3, 0.4) is 0 Å². The molecule has 0 amide bonds. The zero-order chi connectivity index (χ0) is 18.0. The maximum absolute atomic E-state index is 11.2. The number of methoxy groups -OCH3 is 1. The van der Waals surface area contributed by atoms with E-state index in [-0.39, 0.29) is 6.42 Å². The number of benzene rings is 2. The summed E-state index contributed by atoms with van der Waals surface area (Å²) in [6.07, 6.45) is -0.214. The lowest BCUT2D eigenvalue weighted by molar-refractivity contribution is -0.138. The molecule has 0 fully saturated rings. The van der Waals surface area contributed by atoms with Crippen molar-refractivity contribution in [1.29, 1.82) is 0 Å². The third kappa shape index (κ3) is 3.66. The maximum Gasteiger partial charge on any atom is 0.304 e. The molecule has 7 heteroatoms. The molecule has 2 aromatic rings. The van der Waals surface area contributed by atoms with Gasteiger partial charge in [0.2, 0.25) is 0 Å². The van der Waals surface area contributed by atoms with Gasteiger partial charge in [-0.2, -0.15) is 0 Å². The van der Waals surface area contributed by atoms with E-state index in [0.717, 1.165) is 5.56 Å². The molecule has 1 aliphatic heterocycles. The first-order valence-electron chi connectivity index (χ1n) is 7.53. The van der Waals surface area contributed by atoms with E-state index in [4.69, 9.17) is 16.3 Å². The van der Waals surface area contributed by atoms with E-state index in [1.54, 1.807) is 55.6 Å². The summed E-state index contributed by atoms with van der Waals surface area (Å²) in [4.78, 5) is 15.7. The average molecular weight is 378 g/mol. The van der Waals surface area contributed by atoms with Gasteiger partial charge in [0.05, 0.1) is 18.8 Å². The van der Waals surface area contributed by atoms with E-state index in [1.165, 1.54) is 11.8 Å². The normalized spacial score (nSPS) is 22.5. The highest BCUT2D eigenvalue weighted by molar-refractivity contribution is 8.15. The number of thioether (sulfide) groups is 1. The number of aliphatic imine (C=N–C) groups is 1. The number of carboxylic acid groups (broad SMARTS) is 1. The first-order valence-corrected chi connectivity index (χ1v) is 8.79. The van der Waals surface area contributed by atoms with E-state index in [9.17, 15) is 15.0 Å². The smallest absolute Gasteiger partial charge is 0.304 e. The Morgan fingerprint density at radius 2 is 1.88 bits per heavy atom. The number of carbonyl (C=O) groups is 1. The highest BCUT2D eigenvalue weighted by Gasteiger charge is 2.46. The molecule has 1 aliphatic rings. The van der Waals surface area contributed by atoms with E-state index < -0.39 is 16.9 Å². The minimum atomic E-state index is -1.62. The van der Waals surface area contributed by atoms with Gasteiger partial charge in [0.15, 0.2) is 5.72 Å². The van der Waals surface area contributed by atoms with Crippen LogP contribution in [0.15, 0.2) is 53.5 Å². The summed E-state index contributed by atoms with van der Waals surface area (Å²) in [5.41, 5.74) is -0.310. The number of hydrogen-bond acceptors (Lipinski definition) is 5. The zero-order valence-corrected chi connectivity index (χ0v) is 14.9. The van der Waals surface area contributed by atoms with Crippen LogP contribution < -0.4 is 4.74 Å². The molecule has 0 aliphatic carbocycles. The molecule has 2 unspecified atom stereocenters. The Morgan fingerprint density at radius 1 is 1.24 bits per heavy atom. The summed E-state index contributed by atoms with van der Waals surface area (Å²) in [6, 6.07) is 13.9. The number of rotatable bonds is 5. The molecule has 5 nitrogen and oxygen atoms in total. The molecule has 2 aromatic carbocycles. The second kappa shape index (κ2) is 7.07. The number of carboxylic acids is 1. The fourth-order valence-corrected chi connectivity index (χ4v) is 4.06. The summed E-state index contributed by atoms with van der Waals surface area (Å²) in [5.74, 6) is -0.341. The average Bonchev–Trinajstić information content (AvgIpc) is 2.93. The third-order valence-corrected chi connectivity index (χ3v) is 5.52. The number of nitrogens with zero attached hydrogens (tertiary/aromatic N) is 1. The van der Waals surface area contributed by atoms with Crippen LogP contribution in [0.5, 0.6) is 5.75 Å². The maximum atomic E-state index is 11.2. The van der Waals surface area contributed by atoms with Crippen LogP contribution in [-0.4, -0.2) is 33.6 Å². The van der Waals surface area contributed by atoms with Gasteiger partial charge in [0.1, 0.15) is 10.8 Å². The topological polar surface area (TPSA) is 79.1 Å². The second-order valence-corrected chi connectivity index (χ2v) is 7.21. The molecular weight excluding hydrogens is 362 g/mol. The number of aliphatic hydroxyl groups is 1. The number of hydrogen-bond donors (Lipinski definition) is 2. The molecule has 2 N–H and O–H groups in total. The van der Waals surface area contributed by atoms with Gasteiger partial charge in [-0.25, -0.2) is 4.99 Å². The summed E-state index contributed by atoms with van der Waals surface area (Å²) in [6.45, 7) is 0. The Balaban J connectivity index is 2.01. The Bertz CT molecular complexity index is 807. The quantitative estimate of drug-likeness (QED) is 0.833. The molecule has 0 aromatic heterocycles. The van der Waals surface area contributed by atoms with Gasteiger partial charge in [0, 0.05) is 16.1 Å². The van der Waals surface area contributed by atoms with Crippen LogP contribution in [-0.2, 0) is 10.5 Å². The molecule has 0 spiro atoms. The molecule has 25 heavy (non-hydrogen) atoms. The van der Waals surface area contributed by atoms with Crippen molar-refractivity contribution in [2.45, 2.75) is 17.4 Å². The van der Waals surface area contributed by atoms with Gasteiger partial charge in [-0.1, -0.05) is 47.6 Å². The van der Waals surface area contributed by atoms with Crippen LogP contribution >= 0.6 is 23.4 Å². The molecule has 2 atom stereocenters. The summed E-state index contributed by atoms with van der Waals surface area (Å²) in [7, 11) is 1.55.